The van der Waals surface area contributed by atoms with Gasteiger partial charge < -0.3 is 19.4 Å². The Morgan fingerprint density at radius 1 is 0.957 bits per heavy atom. The standard InChI is InChI=1S/C35H38ClN5O5/c36-34(42)41(45-21-24-9-2-1-3-10-24)26-16-17-32(37-19-26)40-23-38-46-33(40)25-11-8-18-39(20-25)35(43)44-22-31-29-14-6-4-12-27(29)28-13-5-7-15-30(28)31/h1-7,9-10,12-15,23,25-26,31-33,37H,8,11,16-22H2/t25?,26-,32+,33?/m1/s1. The fourth-order valence-electron chi connectivity index (χ4n) is 7.24. The van der Waals surface area contributed by atoms with Crippen LogP contribution in [0.25, 0.3) is 11.1 Å². The number of amides is 2. The molecule has 240 valence electrons. The lowest BCUT2D eigenvalue weighted by Crippen LogP contribution is -2.59. The van der Waals surface area contributed by atoms with Gasteiger partial charge in [-0.25, -0.2) is 9.86 Å². The van der Waals surface area contributed by atoms with E-state index in [-0.39, 0.29) is 43.0 Å². The lowest BCUT2D eigenvalue weighted by atomic mass is 9.95. The van der Waals surface area contributed by atoms with Gasteiger partial charge in [-0.3, -0.25) is 14.9 Å². The topological polar surface area (TPSA) is 95.9 Å². The second kappa shape index (κ2) is 13.7. The molecule has 7 rings (SSSR count). The molecule has 3 heterocycles. The summed E-state index contributed by atoms with van der Waals surface area (Å²) in [6, 6.07) is 26.2. The average Bonchev–Trinajstić information content (AvgIpc) is 3.72. The number of fused-ring (bicyclic) bond motifs is 3. The van der Waals surface area contributed by atoms with Crippen molar-refractivity contribution in [2.24, 2.45) is 11.1 Å². The molecule has 2 saturated heterocycles. The van der Waals surface area contributed by atoms with E-state index in [2.05, 4.69) is 39.6 Å². The maximum absolute atomic E-state index is 13.4. The highest BCUT2D eigenvalue weighted by molar-refractivity contribution is 6.62. The number of hydroxylamine groups is 2. The minimum Gasteiger partial charge on any atom is -0.448 e. The second-order valence-electron chi connectivity index (χ2n) is 12.3. The number of carbonyl (C=O) groups is 2. The molecular formula is C35H38ClN5O5. The van der Waals surface area contributed by atoms with Gasteiger partial charge >= 0.3 is 11.5 Å². The van der Waals surface area contributed by atoms with Crippen molar-refractivity contribution in [1.29, 1.82) is 0 Å². The number of halogens is 1. The van der Waals surface area contributed by atoms with Crippen LogP contribution in [0.2, 0.25) is 0 Å². The van der Waals surface area contributed by atoms with Crippen molar-refractivity contribution in [2.75, 3.05) is 26.2 Å². The Bertz CT molecular complexity index is 1520. The molecule has 1 N–H and O–H groups in total. The molecular weight excluding hydrogens is 606 g/mol. The SMILES string of the molecule is O=C(OCC1c2ccccc2-c2ccccc21)N1CCCC(C2ON=CN2[C@H]2CC[C@@H](N(OCc3ccccc3)C(=O)Cl)CN2)C1. The number of carbonyl (C=O) groups excluding carboxylic acids is 2. The average molecular weight is 644 g/mol. The number of oxime groups is 1. The Hall–Kier alpha value is -4.12. The summed E-state index contributed by atoms with van der Waals surface area (Å²) in [6.45, 7) is 2.24. The highest BCUT2D eigenvalue weighted by Gasteiger charge is 2.41. The summed E-state index contributed by atoms with van der Waals surface area (Å²) in [6.07, 6.45) is 4.27. The van der Waals surface area contributed by atoms with Gasteiger partial charge in [-0.05, 0) is 65.1 Å². The lowest BCUT2D eigenvalue weighted by molar-refractivity contribution is -0.155. The van der Waals surface area contributed by atoms with E-state index in [1.807, 2.05) is 54.6 Å². The van der Waals surface area contributed by atoms with Crippen LogP contribution in [0.5, 0.6) is 0 Å². The van der Waals surface area contributed by atoms with E-state index in [0.717, 1.165) is 24.8 Å². The predicted octanol–water partition coefficient (Wildman–Crippen LogP) is 6.12. The summed E-state index contributed by atoms with van der Waals surface area (Å²) in [5.74, 6) is 0.0836. The van der Waals surface area contributed by atoms with Crippen LogP contribution in [0.1, 0.15) is 48.3 Å². The minimum atomic E-state index is -0.638. The number of hydrogen-bond acceptors (Lipinski definition) is 8. The molecule has 4 atom stereocenters. The van der Waals surface area contributed by atoms with Crippen molar-refractivity contribution in [3.63, 3.8) is 0 Å². The maximum atomic E-state index is 13.4. The van der Waals surface area contributed by atoms with Gasteiger partial charge in [0.15, 0.2) is 0 Å². The fraction of sp³-hybridized carbons (Fsp3) is 0.400. The van der Waals surface area contributed by atoms with Crippen LogP contribution < -0.4 is 5.32 Å². The first-order valence-corrected chi connectivity index (χ1v) is 16.4. The number of nitrogens with one attached hydrogen (secondary N) is 1. The molecule has 1 aliphatic carbocycles. The molecule has 2 amide bonds. The third kappa shape index (κ3) is 6.29. The number of ether oxygens (including phenoxy) is 1. The van der Waals surface area contributed by atoms with Crippen LogP contribution in [0, 0.1) is 5.92 Å². The van der Waals surface area contributed by atoms with Gasteiger partial charge in [0.1, 0.15) is 19.6 Å². The third-order valence-corrected chi connectivity index (χ3v) is 9.71. The van der Waals surface area contributed by atoms with Crippen LogP contribution in [-0.4, -0.2) is 77.3 Å². The number of rotatable bonds is 8. The van der Waals surface area contributed by atoms with E-state index in [4.69, 9.17) is 26.0 Å². The number of piperidine rings is 2. The summed E-state index contributed by atoms with van der Waals surface area (Å²) in [4.78, 5) is 41.2. The zero-order valence-electron chi connectivity index (χ0n) is 25.5. The van der Waals surface area contributed by atoms with Crippen molar-refractivity contribution >= 4 is 29.4 Å². The van der Waals surface area contributed by atoms with Crippen LogP contribution >= 0.6 is 11.6 Å². The van der Waals surface area contributed by atoms with E-state index in [1.54, 1.807) is 11.2 Å². The highest BCUT2D eigenvalue weighted by atomic mass is 35.5. The predicted molar refractivity (Wildman–Crippen MR) is 174 cm³/mol. The largest absolute Gasteiger partial charge is 0.448 e. The van der Waals surface area contributed by atoms with Crippen molar-refractivity contribution in [3.8, 4) is 11.1 Å². The molecule has 0 saturated carbocycles. The molecule has 11 heteroatoms. The third-order valence-electron chi connectivity index (χ3n) is 9.54. The molecule has 2 fully saturated rings. The van der Waals surface area contributed by atoms with Crippen molar-refractivity contribution in [3.05, 3.63) is 95.6 Å². The summed E-state index contributed by atoms with van der Waals surface area (Å²) >= 11 is 5.92. The number of likely N-dealkylation sites (tertiary alicyclic amines) is 1. The van der Waals surface area contributed by atoms with Gasteiger partial charge in [-0.1, -0.05) is 84.0 Å². The van der Waals surface area contributed by atoms with Gasteiger partial charge in [0.05, 0.1) is 12.2 Å². The molecule has 3 aromatic carbocycles. The Kier molecular flexibility index (Phi) is 9.09. The first kappa shape index (κ1) is 30.5. The van der Waals surface area contributed by atoms with Gasteiger partial charge in [0.2, 0.25) is 6.23 Å². The molecule has 0 radical (unpaired) electrons. The van der Waals surface area contributed by atoms with Crippen LogP contribution in [0.3, 0.4) is 0 Å². The summed E-state index contributed by atoms with van der Waals surface area (Å²) in [5, 5.41) is 8.33. The molecule has 46 heavy (non-hydrogen) atoms. The van der Waals surface area contributed by atoms with Gasteiger partial charge in [0.25, 0.3) is 0 Å². The summed E-state index contributed by atoms with van der Waals surface area (Å²) < 4.78 is 5.97. The lowest BCUT2D eigenvalue weighted by Gasteiger charge is -2.42. The Morgan fingerprint density at radius 2 is 1.67 bits per heavy atom. The van der Waals surface area contributed by atoms with Crippen LogP contribution in [0.15, 0.2) is 84.0 Å². The molecule has 4 aliphatic rings. The van der Waals surface area contributed by atoms with E-state index in [0.29, 0.717) is 32.7 Å². The van der Waals surface area contributed by atoms with Crippen molar-refractivity contribution in [2.45, 2.75) is 56.6 Å². The number of benzene rings is 3. The molecule has 3 aliphatic heterocycles. The first-order chi connectivity index (χ1) is 22.6. The summed E-state index contributed by atoms with van der Waals surface area (Å²) in [5.41, 5.74) is 5.77. The quantitative estimate of drug-likeness (QED) is 0.180. The van der Waals surface area contributed by atoms with E-state index in [1.165, 1.54) is 27.3 Å². The molecule has 0 aromatic heterocycles. The fourth-order valence-corrected chi connectivity index (χ4v) is 7.43. The van der Waals surface area contributed by atoms with Gasteiger partial charge in [-0.2, -0.15) is 0 Å². The Morgan fingerprint density at radius 3 is 2.37 bits per heavy atom. The monoisotopic (exact) mass is 643 g/mol. The smallest absolute Gasteiger partial charge is 0.409 e. The molecule has 0 bridgehead atoms. The highest BCUT2D eigenvalue weighted by Crippen LogP contribution is 2.44. The van der Waals surface area contributed by atoms with E-state index >= 15 is 0 Å². The zero-order chi connectivity index (χ0) is 31.5. The van der Waals surface area contributed by atoms with Crippen LogP contribution in [-0.2, 0) is 21.0 Å². The van der Waals surface area contributed by atoms with Crippen LogP contribution in [0.4, 0.5) is 9.59 Å². The summed E-state index contributed by atoms with van der Waals surface area (Å²) in [7, 11) is 0. The first-order valence-electron chi connectivity index (χ1n) is 16.0. The zero-order valence-corrected chi connectivity index (χ0v) is 26.3. The van der Waals surface area contributed by atoms with E-state index in [9.17, 15) is 9.59 Å². The number of hydrogen-bond donors (Lipinski definition) is 1. The minimum absolute atomic E-state index is 0.0222. The van der Waals surface area contributed by atoms with Gasteiger partial charge in [0, 0.05) is 31.5 Å². The van der Waals surface area contributed by atoms with Crippen molar-refractivity contribution < 1.29 is 24.0 Å². The molecule has 2 unspecified atom stereocenters. The normalized spacial score (nSPS) is 23.8. The number of nitrogens with zero attached hydrogens (tertiary/aromatic N) is 4. The Balaban J connectivity index is 0.930. The maximum Gasteiger partial charge on any atom is 0.409 e. The second-order valence-corrected chi connectivity index (χ2v) is 12.6. The molecule has 10 nitrogen and oxygen atoms in total. The molecule has 3 aromatic rings. The van der Waals surface area contributed by atoms with Crippen molar-refractivity contribution in [1.82, 2.24) is 20.2 Å². The molecule has 0 spiro atoms. The Labute approximate surface area is 273 Å². The van der Waals surface area contributed by atoms with E-state index < -0.39 is 5.37 Å². The van der Waals surface area contributed by atoms with Gasteiger partial charge in [-0.15, -0.1) is 0 Å².